The first-order valence-corrected chi connectivity index (χ1v) is 19.0. The fourth-order valence-electron chi connectivity index (χ4n) is 8.98. The van der Waals surface area contributed by atoms with Crippen LogP contribution in [0.4, 0.5) is 17.1 Å². The molecule has 1 aliphatic heterocycles. The summed E-state index contributed by atoms with van der Waals surface area (Å²) >= 11 is 0. The van der Waals surface area contributed by atoms with Crippen molar-refractivity contribution in [2.75, 3.05) is 4.90 Å². The minimum Gasteiger partial charge on any atom is -0.310 e. The Balaban J connectivity index is 1.16. The van der Waals surface area contributed by atoms with Gasteiger partial charge in [0.25, 0.3) is 0 Å². The average Bonchev–Trinajstić information content (AvgIpc) is 3.58. The van der Waals surface area contributed by atoms with E-state index in [0.29, 0.717) is 17.5 Å². The van der Waals surface area contributed by atoms with E-state index in [0.717, 1.165) is 33.5 Å². The second-order valence-electron chi connectivity index (χ2n) is 14.3. The second-order valence-corrected chi connectivity index (χ2v) is 14.3. The van der Waals surface area contributed by atoms with Crippen molar-refractivity contribution in [1.82, 2.24) is 15.0 Å². The summed E-state index contributed by atoms with van der Waals surface area (Å²) in [6.07, 6.45) is 0. The van der Waals surface area contributed by atoms with E-state index in [4.69, 9.17) is 15.0 Å². The number of hydrogen-bond donors (Lipinski definition) is 0. The lowest BCUT2D eigenvalue weighted by Crippen LogP contribution is -2.36. The van der Waals surface area contributed by atoms with Gasteiger partial charge >= 0.3 is 0 Å². The Morgan fingerprint density at radius 2 is 0.732 bits per heavy atom. The van der Waals surface area contributed by atoms with Crippen molar-refractivity contribution in [3.05, 3.63) is 229 Å². The van der Waals surface area contributed by atoms with Crippen LogP contribution in [-0.4, -0.2) is 15.0 Å². The molecule has 0 amide bonds. The lowest BCUT2D eigenvalue weighted by atomic mass is 9.64. The van der Waals surface area contributed by atoms with Crippen molar-refractivity contribution in [1.29, 1.82) is 0 Å². The van der Waals surface area contributed by atoms with Gasteiger partial charge in [0.05, 0.1) is 16.8 Å². The van der Waals surface area contributed by atoms with Crippen LogP contribution < -0.4 is 4.90 Å². The molecule has 1 spiro atoms. The van der Waals surface area contributed by atoms with Crippen LogP contribution in [0.5, 0.6) is 0 Å². The summed E-state index contributed by atoms with van der Waals surface area (Å²) < 4.78 is 0. The van der Waals surface area contributed by atoms with E-state index in [9.17, 15) is 0 Å². The van der Waals surface area contributed by atoms with Crippen LogP contribution in [0.1, 0.15) is 22.3 Å². The molecule has 0 fully saturated rings. The molecule has 1 aliphatic carbocycles. The Bertz CT molecular complexity index is 2860. The molecule has 0 atom stereocenters. The molecular formula is C52H34N4. The van der Waals surface area contributed by atoms with Gasteiger partial charge in [0.2, 0.25) is 0 Å². The Labute approximate surface area is 326 Å². The van der Waals surface area contributed by atoms with Crippen molar-refractivity contribution >= 4 is 17.1 Å². The molecule has 2 heterocycles. The Morgan fingerprint density at radius 3 is 1.38 bits per heavy atom. The van der Waals surface area contributed by atoms with E-state index < -0.39 is 5.41 Å². The summed E-state index contributed by atoms with van der Waals surface area (Å²) in [5, 5.41) is 0. The van der Waals surface area contributed by atoms with Crippen LogP contribution in [0.3, 0.4) is 0 Å². The fourth-order valence-corrected chi connectivity index (χ4v) is 8.98. The third-order valence-electron chi connectivity index (χ3n) is 11.3. The molecule has 2 aliphatic rings. The van der Waals surface area contributed by atoms with Crippen LogP contribution >= 0.6 is 0 Å². The normalized spacial score (nSPS) is 13.1. The van der Waals surface area contributed by atoms with Gasteiger partial charge in [-0.2, -0.15) is 0 Å². The van der Waals surface area contributed by atoms with Crippen LogP contribution in [0, 0.1) is 0 Å². The fraction of sp³-hybridized carbons (Fsp3) is 0.0192. The summed E-state index contributed by atoms with van der Waals surface area (Å²) in [7, 11) is 0. The summed E-state index contributed by atoms with van der Waals surface area (Å²) in [5.41, 5.74) is 15.4. The number of fused-ring (bicyclic) bond motifs is 9. The van der Waals surface area contributed by atoms with Crippen molar-refractivity contribution < 1.29 is 0 Å². The smallest absolute Gasteiger partial charge is 0.164 e. The standard InChI is InChI=1S/C52H34N4/c1-4-17-35(18-5-1)36-31-33-38(34-32-36)50-53-49(37-19-6-2-7-20-37)54-51(55-50)41-24-16-28-45-48(41)40-23-10-11-25-42(40)52(45)43-26-12-14-29-46(43)56(39-21-8-3-9-22-39)47-30-15-13-27-44(47)52/h1-34H. The molecule has 0 saturated carbocycles. The van der Waals surface area contributed by atoms with Gasteiger partial charge in [-0.05, 0) is 68.8 Å². The Morgan fingerprint density at radius 1 is 0.304 bits per heavy atom. The third-order valence-corrected chi connectivity index (χ3v) is 11.3. The van der Waals surface area contributed by atoms with E-state index in [1.165, 1.54) is 44.8 Å². The number of nitrogens with zero attached hydrogens (tertiary/aromatic N) is 4. The van der Waals surface area contributed by atoms with E-state index in [2.05, 4.69) is 187 Å². The topological polar surface area (TPSA) is 41.9 Å². The highest BCUT2D eigenvalue weighted by Crippen LogP contribution is 2.64. The zero-order chi connectivity index (χ0) is 37.1. The molecule has 4 heteroatoms. The quantitative estimate of drug-likeness (QED) is 0.178. The van der Waals surface area contributed by atoms with Gasteiger partial charge in [-0.3, -0.25) is 0 Å². The molecule has 4 nitrogen and oxygen atoms in total. The molecular weight excluding hydrogens is 681 g/mol. The second kappa shape index (κ2) is 12.9. The predicted molar refractivity (Wildman–Crippen MR) is 227 cm³/mol. The van der Waals surface area contributed by atoms with Gasteiger partial charge in [-0.25, -0.2) is 15.0 Å². The van der Waals surface area contributed by atoms with E-state index in [-0.39, 0.29) is 0 Å². The maximum absolute atomic E-state index is 5.30. The highest BCUT2D eigenvalue weighted by atomic mass is 15.2. The minimum absolute atomic E-state index is 0.578. The molecule has 262 valence electrons. The molecule has 9 aromatic rings. The van der Waals surface area contributed by atoms with E-state index in [1.54, 1.807) is 0 Å². The maximum Gasteiger partial charge on any atom is 0.164 e. The summed E-state index contributed by atoms with van der Waals surface area (Å²) in [6.45, 7) is 0. The highest BCUT2D eigenvalue weighted by Gasteiger charge is 2.52. The Hall–Kier alpha value is -7.43. The Kier molecular flexibility index (Phi) is 7.36. The van der Waals surface area contributed by atoms with Gasteiger partial charge in [0, 0.05) is 22.4 Å². The first-order chi connectivity index (χ1) is 27.8. The lowest BCUT2D eigenvalue weighted by molar-refractivity contribution is 0.752. The summed E-state index contributed by atoms with van der Waals surface area (Å²) in [6, 6.07) is 73.2. The predicted octanol–water partition coefficient (Wildman–Crippen LogP) is 12.7. The number of para-hydroxylation sites is 3. The van der Waals surface area contributed by atoms with Crippen molar-refractivity contribution in [3.63, 3.8) is 0 Å². The number of benzene rings is 8. The van der Waals surface area contributed by atoms with Gasteiger partial charge in [-0.15, -0.1) is 0 Å². The van der Waals surface area contributed by atoms with Crippen LogP contribution in [0.15, 0.2) is 206 Å². The molecule has 0 radical (unpaired) electrons. The minimum atomic E-state index is -0.578. The van der Waals surface area contributed by atoms with Crippen molar-refractivity contribution in [2.45, 2.75) is 5.41 Å². The summed E-state index contributed by atoms with van der Waals surface area (Å²) in [5.74, 6) is 1.93. The number of anilines is 3. The van der Waals surface area contributed by atoms with Crippen molar-refractivity contribution in [2.24, 2.45) is 0 Å². The van der Waals surface area contributed by atoms with Crippen LogP contribution in [0.25, 0.3) is 56.4 Å². The zero-order valence-corrected chi connectivity index (χ0v) is 30.4. The molecule has 11 rings (SSSR count). The molecule has 0 unspecified atom stereocenters. The first-order valence-electron chi connectivity index (χ1n) is 19.0. The number of aromatic nitrogens is 3. The third kappa shape index (κ3) is 4.83. The van der Waals surface area contributed by atoms with Gasteiger partial charge in [-0.1, -0.05) is 182 Å². The highest BCUT2D eigenvalue weighted by molar-refractivity contribution is 5.99. The van der Waals surface area contributed by atoms with E-state index >= 15 is 0 Å². The summed E-state index contributed by atoms with van der Waals surface area (Å²) in [4.78, 5) is 18.1. The van der Waals surface area contributed by atoms with Crippen LogP contribution in [0.2, 0.25) is 0 Å². The first kappa shape index (κ1) is 32.0. The van der Waals surface area contributed by atoms with Gasteiger partial charge in [0.1, 0.15) is 0 Å². The molecule has 0 N–H and O–H groups in total. The van der Waals surface area contributed by atoms with E-state index in [1.807, 2.05) is 24.3 Å². The SMILES string of the molecule is c1ccc(-c2ccc(-c3nc(-c4ccccc4)nc(-c4cccc5c4-c4ccccc4C54c5ccccc5N(c5ccccc5)c5ccccc54)n3)cc2)cc1. The van der Waals surface area contributed by atoms with Gasteiger partial charge < -0.3 is 4.90 Å². The number of hydrogen-bond acceptors (Lipinski definition) is 4. The lowest BCUT2D eigenvalue weighted by Gasteiger charge is -2.45. The molecule has 0 bridgehead atoms. The average molecular weight is 715 g/mol. The van der Waals surface area contributed by atoms with Crippen LogP contribution in [-0.2, 0) is 5.41 Å². The van der Waals surface area contributed by atoms with Gasteiger partial charge in [0.15, 0.2) is 17.5 Å². The van der Waals surface area contributed by atoms with Crippen molar-refractivity contribution in [3.8, 4) is 56.4 Å². The monoisotopic (exact) mass is 714 g/mol. The molecule has 1 aromatic heterocycles. The zero-order valence-electron chi connectivity index (χ0n) is 30.4. The molecule has 8 aromatic carbocycles. The largest absolute Gasteiger partial charge is 0.310 e. The maximum atomic E-state index is 5.30. The molecule has 56 heavy (non-hydrogen) atoms. The number of rotatable bonds is 5. The molecule has 0 saturated heterocycles.